The largest absolute Gasteiger partial charge is 0.393 e. The number of benzene rings is 1. The zero-order chi connectivity index (χ0) is 13.8. The molecule has 4 nitrogen and oxygen atoms in total. The number of urea groups is 1. The molecule has 1 aliphatic carbocycles. The van der Waals surface area contributed by atoms with Crippen LogP contribution >= 0.6 is 23.2 Å². The lowest BCUT2D eigenvalue weighted by Crippen LogP contribution is -2.40. The Kier molecular flexibility index (Phi) is 4.91. The molecule has 1 aliphatic rings. The van der Waals surface area contributed by atoms with Gasteiger partial charge in [0, 0.05) is 11.1 Å². The molecule has 19 heavy (non-hydrogen) atoms. The molecule has 0 saturated heterocycles. The molecule has 2 rings (SSSR count). The van der Waals surface area contributed by atoms with Gasteiger partial charge in [-0.3, -0.25) is 0 Å². The van der Waals surface area contributed by atoms with Crippen molar-refractivity contribution in [3.63, 3.8) is 0 Å². The van der Waals surface area contributed by atoms with Gasteiger partial charge in [-0.1, -0.05) is 23.2 Å². The zero-order valence-electron chi connectivity index (χ0n) is 10.3. The van der Waals surface area contributed by atoms with Crippen LogP contribution in [0.1, 0.15) is 25.7 Å². The summed E-state index contributed by atoms with van der Waals surface area (Å²) in [5.74, 6) is 0. The first-order chi connectivity index (χ1) is 9.04. The van der Waals surface area contributed by atoms with E-state index in [-0.39, 0.29) is 18.2 Å². The third kappa shape index (κ3) is 4.27. The molecule has 1 aromatic rings. The molecular formula is C13H16Cl2N2O2. The molecule has 0 bridgehead atoms. The van der Waals surface area contributed by atoms with Crippen molar-refractivity contribution in [2.24, 2.45) is 0 Å². The van der Waals surface area contributed by atoms with Crippen LogP contribution in [0.15, 0.2) is 18.2 Å². The van der Waals surface area contributed by atoms with E-state index in [0.717, 1.165) is 25.7 Å². The van der Waals surface area contributed by atoms with Crippen LogP contribution in [0.25, 0.3) is 0 Å². The first-order valence-electron chi connectivity index (χ1n) is 6.25. The Morgan fingerprint density at radius 3 is 2.58 bits per heavy atom. The Morgan fingerprint density at radius 1 is 1.21 bits per heavy atom. The highest BCUT2D eigenvalue weighted by Gasteiger charge is 2.20. The van der Waals surface area contributed by atoms with Gasteiger partial charge in [0.15, 0.2) is 0 Å². The van der Waals surface area contributed by atoms with Crippen LogP contribution in [0.3, 0.4) is 0 Å². The van der Waals surface area contributed by atoms with Crippen molar-refractivity contribution < 1.29 is 9.90 Å². The maximum absolute atomic E-state index is 11.8. The summed E-state index contributed by atoms with van der Waals surface area (Å²) < 4.78 is 0. The summed E-state index contributed by atoms with van der Waals surface area (Å²) in [6.07, 6.45) is 2.80. The number of halogens is 2. The van der Waals surface area contributed by atoms with E-state index >= 15 is 0 Å². The van der Waals surface area contributed by atoms with Crippen molar-refractivity contribution in [2.45, 2.75) is 37.8 Å². The van der Waals surface area contributed by atoms with E-state index < -0.39 is 0 Å². The molecule has 0 aliphatic heterocycles. The Labute approximate surface area is 122 Å². The van der Waals surface area contributed by atoms with Gasteiger partial charge in [-0.05, 0) is 43.9 Å². The fourth-order valence-corrected chi connectivity index (χ4v) is 2.49. The first kappa shape index (κ1) is 14.4. The monoisotopic (exact) mass is 302 g/mol. The third-order valence-electron chi connectivity index (χ3n) is 3.21. The fraction of sp³-hybridized carbons (Fsp3) is 0.462. The molecule has 104 valence electrons. The van der Waals surface area contributed by atoms with E-state index in [1.165, 1.54) is 0 Å². The predicted molar refractivity (Wildman–Crippen MR) is 76.9 cm³/mol. The smallest absolute Gasteiger partial charge is 0.319 e. The topological polar surface area (TPSA) is 61.4 Å². The van der Waals surface area contributed by atoms with Crippen LogP contribution in [-0.2, 0) is 0 Å². The highest BCUT2D eigenvalue weighted by molar-refractivity contribution is 6.35. The maximum atomic E-state index is 11.8. The maximum Gasteiger partial charge on any atom is 0.319 e. The Hall–Kier alpha value is -0.970. The Balaban J connectivity index is 1.89. The summed E-state index contributed by atoms with van der Waals surface area (Å²) in [6.45, 7) is 0. The van der Waals surface area contributed by atoms with Gasteiger partial charge in [-0.15, -0.1) is 0 Å². The Bertz CT molecular complexity index is 460. The van der Waals surface area contributed by atoms with Crippen LogP contribution in [-0.4, -0.2) is 23.3 Å². The molecule has 1 saturated carbocycles. The molecule has 0 spiro atoms. The van der Waals surface area contributed by atoms with Crippen LogP contribution in [0.5, 0.6) is 0 Å². The third-order valence-corrected chi connectivity index (χ3v) is 3.77. The van der Waals surface area contributed by atoms with Crippen molar-refractivity contribution in [2.75, 3.05) is 5.32 Å². The van der Waals surface area contributed by atoms with E-state index in [1.807, 2.05) is 0 Å². The molecule has 0 radical (unpaired) electrons. The number of carbonyl (C=O) groups excluding carboxylic acids is 1. The van der Waals surface area contributed by atoms with Gasteiger partial charge in [0.1, 0.15) is 0 Å². The van der Waals surface area contributed by atoms with Crippen molar-refractivity contribution >= 4 is 34.9 Å². The highest BCUT2D eigenvalue weighted by Crippen LogP contribution is 2.25. The van der Waals surface area contributed by atoms with Crippen LogP contribution < -0.4 is 10.6 Å². The number of rotatable bonds is 2. The standard InChI is InChI=1S/C13H16Cl2N2O2/c14-8-1-6-11(15)12(7-8)17-13(19)16-9-2-4-10(18)5-3-9/h1,6-7,9-10,18H,2-5H2,(H2,16,17,19). The van der Waals surface area contributed by atoms with Gasteiger partial charge in [-0.2, -0.15) is 0 Å². The molecule has 0 heterocycles. The molecule has 0 atom stereocenters. The number of aliphatic hydroxyl groups is 1. The summed E-state index contributed by atoms with van der Waals surface area (Å²) in [6, 6.07) is 4.70. The van der Waals surface area contributed by atoms with Gasteiger partial charge in [0.2, 0.25) is 0 Å². The van der Waals surface area contributed by atoms with Crippen molar-refractivity contribution in [3.05, 3.63) is 28.2 Å². The van der Waals surface area contributed by atoms with Crippen molar-refractivity contribution in [1.29, 1.82) is 0 Å². The van der Waals surface area contributed by atoms with Gasteiger partial charge in [0.05, 0.1) is 16.8 Å². The number of amides is 2. The number of hydrogen-bond acceptors (Lipinski definition) is 2. The molecule has 1 aromatic carbocycles. The van der Waals surface area contributed by atoms with E-state index in [9.17, 15) is 9.90 Å². The minimum Gasteiger partial charge on any atom is -0.393 e. The van der Waals surface area contributed by atoms with Gasteiger partial charge in [-0.25, -0.2) is 4.79 Å². The highest BCUT2D eigenvalue weighted by atomic mass is 35.5. The molecule has 0 aromatic heterocycles. The van der Waals surface area contributed by atoms with Crippen LogP contribution in [0.2, 0.25) is 10.0 Å². The number of hydrogen-bond donors (Lipinski definition) is 3. The zero-order valence-corrected chi connectivity index (χ0v) is 11.8. The molecule has 2 amide bonds. The average Bonchev–Trinajstić information content (AvgIpc) is 2.37. The minimum atomic E-state index is -0.300. The number of anilines is 1. The van der Waals surface area contributed by atoms with Gasteiger partial charge >= 0.3 is 6.03 Å². The lowest BCUT2D eigenvalue weighted by atomic mass is 9.93. The predicted octanol–water partition coefficient (Wildman–Crippen LogP) is 3.42. The van der Waals surface area contributed by atoms with E-state index in [0.29, 0.717) is 15.7 Å². The van der Waals surface area contributed by atoms with Crippen molar-refractivity contribution in [1.82, 2.24) is 5.32 Å². The SMILES string of the molecule is O=C(Nc1cc(Cl)ccc1Cl)NC1CCC(O)CC1. The van der Waals surface area contributed by atoms with Crippen molar-refractivity contribution in [3.8, 4) is 0 Å². The summed E-state index contributed by atoms with van der Waals surface area (Å²) in [7, 11) is 0. The second-order valence-electron chi connectivity index (χ2n) is 4.73. The second-order valence-corrected chi connectivity index (χ2v) is 5.57. The average molecular weight is 303 g/mol. The van der Waals surface area contributed by atoms with Gasteiger partial charge in [0.25, 0.3) is 0 Å². The normalized spacial score (nSPS) is 22.9. The first-order valence-corrected chi connectivity index (χ1v) is 7.01. The van der Waals surface area contributed by atoms with E-state index in [4.69, 9.17) is 23.2 Å². The summed E-state index contributed by atoms with van der Waals surface area (Å²) in [4.78, 5) is 11.8. The Morgan fingerprint density at radius 2 is 1.89 bits per heavy atom. The summed E-state index contributed by atoms with van der Waals surface area (Å²) >= 11 is 11.8. The quantitative estimate of drug-likeness (QED) is 0.784. The molecular weight excluding hydrogens is 287 g/mol. The fourth-order valence-electron chi connectivity index (χ4n) is 2.16. The molecule has 3 N–H and O–H groups in total. The minimum absolute atomic E-state index is 0.0985. The second kappa shape index (κ2) is 6.46. The number of nitrogens with one attached hydrogen (secondary N) is 2. The van der Waals surface area contributed by atoms with Crippen LogP contribution in [0.4, 0.5) is 10.5 Å². The van der Waals surface area contributed by atoms with E-state index in [2.05, 4.69) is 10.6 Å². The lowest BCUT2D eigenvalue weighted by molar-refractivity contribution is 0.118. The molecule has 0 unspecified atom stereocenters. The number of aliphatic hydroxyl groups excluding tert-OH is 1. The lowest BCUT2D eigenvalue weighted by Gasteiger charge is -2.26. The number of carbonyl (C=O) groups is 1. The van der Waals surface area contributed by atoms with Crippen LogP contribution in [0, 0.1) is 0 Å². The summed E-state index contributed by atoms with van der Waals surface area (Å²) in [5.41, 5.74) is 0.488. The molecule has 6 heteroatoms. The molecule has 1 fully saturated rings. The van der Waals surface area contributed by atoms with Gasteiger partial charge < -0.3 is 15.7 Å². The van der Waals surface area contributed by atoms with E-state index in [1.54, 1.807) is 18.2 Å². The summed E-state index contributed by atoms with van der Waals surface area (Å²) in [5, 5.41) is 15.9.